The van der Waals surface area contributed by atoms with Crippen LogP contribution in [0, 0.1) is 5.92 Å². The molecule has 2 aromatic heterocycles. The van der Waals surface area contributed by atoms with Gasteiger partial charge in [-0.2, -0.15) is 10.1 Å². The first-order valence-electron chi connectivity index (χ1n) is 9.43. The highest BCUT2D eigenvalue weighted by Gasteiger charge is 2.23. The first-order chi connectivity index (χ1) is 12.1. The zero-order chi connectivity index (χ0) is 17.8. The van der Waals surface area contributed by atoms with Crippen LogP contribution in [0.3, 0.4) is 0 Å². The summed E-state index contributed by atoms with van der Waals surface area (Å²) in [6.45, 7) is 4.21. The second-order valence-electron chi connectivity index (χ2n) is 6.87. The van der Waals surface area contributed by atoms with E-state index in [1.165, 1.54) is 6.42 Å². The summed E-state index contributed by atoms with van der Waals surface area (Å²) in [5, 5.41) is 8.31. The summed E-state index contributed by atoms with van der Waals surface area (Å²) in [6, 6.07) is 3.79. The Kier molecular flexibility index (Phi) is 5.56. The number of anilines is 1. The van der Waals surface area contributed by atoms with E-state index in [4.69, 9.17) is 4.74 Å². The van der Waals surface area contributed by atoms with Crippen molar-refractivity contribution in [3.8, 4) is 5.88 Å². The third kappa shape index (κ3) is 3.94. The van der Waals surface area contributed by atoms with Crippen molar-refractivity contribution in [3.63, 3.8) is 0 Å². The van der Waals surface area contributed by atoms with Crippen molar-refractivity contribution in [1.29, 1.82) is 0 Å². The number of hydrogen-bond donors (Lipinski definition) is 1. The number of pyridine rings is 1. The molecule has 0 radical (unpaired) electrons. The van der Waals surface area contributed by atoms with Crippen LogP contribution in [0.15, 0.2) is 12.1 Å². The molecule has 1 aliphatic carbocycles. The summed E-state index contributed by atoms with van der Waals surface area (Å²) in [4.78, 5) is 17.1. The van der Waals surface area contributed by atoms with Crippen molar-refractivity contribution in [2.24, 2.45) is 13.0 Å². The van der Waals surface area contributed by atoms with Crippen LogP contribution in [-0.4, -0.2) is 26.8 Å². The smallest absolute Gasteiger partial charge is 0.228 e. The predicted octanol–water partition coefficient (Wildman–Crippen LogP) is 4.05. The average molecular weight is 344 g/mol. The van der Waals surface area contributed by atoms with Crippen molar-refractivity contribution < 1.29 is 9.53 Å². The van der Waals surface area contributed by atoms with Crippen LogP contribution < -0.4 is 10.1 Å². The fourth-order valence-corrected chi connectivity index (χ4v) is 3.48. The molecule has 1 amide bonds. The van der Waals surface area contributed by atoms with Gasteiger partial charge < -0.3 is 10.1 Å². The SMILES string of the molecule is CCC(CC)Oc1ccc2c(NC(=O)C3CCCCC3)nn(C)c2n1. The zero-order valence-corrected chi connectivity index (χ0v) is 15.4. The van der Waals surface area contributed by atoms with Gasteiger partial charge in [-0.05, 0) is 31.7 Å². The van der Waals surface area contributed by atoms with Gasteiger partial charge in [0.05, 0.1) is 11.5 Å². The lowest BCUT2D eigenvalue weighted by molar-refractivity contribution is -0.120. The highest BCUT2D eigenvalue weighted by atomic mass is 16.5. The van der Waals surface area contributed by atoms with Gasteiger partial charge in [-0.25, -0.2) is 4.68 Å². The number of fused-ring (bicyclic) bond motifs is 1. The molecule has 1 N–H and O–H groups in total. The van der Waals surface area contributed by atoms with E-state index >= 15 is 0 Å². The number of nitrogens with one attached hydrogen (secondary N) is 1. The van der Waals surface area contributed by atoms with Gasteiger partial charge in [0.2, 0.25) is 11.8 Å². The van der Waals surface area contributed by atoms with E-state index in [1.807, 2.05) is 19.2 Å². The lowest BCUT2D eigenvalue weighted by atomic mass is 9.89. The Labute approximate surface area is 149 Å². The first-order valence-corrected chi connectivity index (χ1v) is 9.43. The van der Waals surface area contributed by atoms with Crippen molar-refractivity contribution in [3.05, 3.63) is 12.1 Å². The second-order valence-corrected chi connectivity index (χ2v) is 6.87. The quantitative estimate of drug-likeness (QED) is 0.858. The molecule has 25 heavy (non-hydrogen) atoms. The first kappa shape index (κ1) is 17.7. The molecule has 0 atom stereocenters. The average Bonchev–Trinajstić information content (AvgIpc) is 2.95. The normalized spacial score (nSPS) is 15.7. The van der Waals surface area contributed by atoms with Gasteiger partial charge in [-0.1, -0.05) is 33.1 Å². The molecule has 1 aliphatic rings. The van der Waals surface area contributed by atoms with Crippen molar-refractivity contribution in [1.82, 2.24) is 14.8 Å². The second kappa shape index (κ2) is 7.85. The molecular formula is C19H28N4O2. The third-order valence-corrected chi connectivity index (χ3v) is 5.08. The Balaban J connectivity index is 1.79. The molecule has 0 aromatic carbocycles. The fourth-order valence-electron chi connectivity index (χ4n) is 3.48. The third-order valence-electron chi connectivity index (χ3n) is 5.08. The molecule has 6 nitrogen and oxygen atoms in total. The van der Waals surface area contributed by atoms with Gasteiger partial charge in [-0.15, -0.1) is 0 Å². The lowest BCUT2D eigenvalue weighted by Gasteiger charge is -2.20. The number of carbonyl (C=O) groups is 1. The van der Waals surface area contributed by atoms with E-state index in [0.29, 0.717) is 11.7 Å². The Morgan fingerprint density at radius 3 is 2.68 bits per heavy atom. The standard InChI is InChI=1S/C19H28N4O2/c1-4-14(5-2)25-16-12-11-15-17(22-23(3)18(15)20-16)21-19(24)13-9-7-6-8-10-13/h11-14H,4-10H2,1-3H3,(H,21,22,24). The molecule has 136 valence electrons. The minimum absolute atomic E-state index is 0.0806. The van der Waals surface area contributed by atoms with Crippen LogP contribution in [-0.2, 0) is 11.8 Å². The van der Waals surface area contributed by atoms with E-state index in [-0.39, 0.29) is 17.9 Å². The van der Waals surface area contributed by atoms with Crippen molar-refractivity contribution in [2.45, 2.75) is 64.9 Å². The van der Waals surface area contributed by atoms with Crippen molar-refractivity contribution in [2.75, 3.05) is 5.32 Å². The number of nitrogens with zero attached hydrogens (tertiary/aromatic N) is 3. The van der Waals surface area contributed by atoms with Gasteiger partial charge in [0.15, 0.2) is 11.5 Å². The number of aryl methyl sites for hydroxylation is 1. The number of rotatable bonds is 6. The van der Waals surface area contributed by atoms with Gasteiger partial charge in [0.1, 0.15) is 0 Å². The molecule has 0 aliphatic heterocycles. The molecule has 6 heteroatoms. The maximum absolute atomic E-state index is 12.5. The topological polar surface area (TPSA) is 69.0 Å². The molecule has 0 unspecified atom stereocenters. The van der Waals surface area contributed by atoms with Gasteiger partial charge in [0.25, 0.3) is 0 Å². The van der Waals surface area contributed by atoms with Gasteiger partial charge >= 0.3 is 0 Å². The highest BCUT2D eigenvalue weighted by Crippen LogP contribution is 2.28. The van der Waals surface area contributed by atoms with E-state index in [2.05, 4.69) is 29.2 Å². The molecule has 0 saturated heterocycles. The Morgan fingerprint density at radius 2 is 2.00 bits per heavy atom. The highest BCUT2D eigenvalue weighted by molar-refractivity contribution is 5.99. The van der Waals surface area contributed by atoms with Crippen molar-refractivity contribution >= 4 is 22.8 Å². The summed E-state index contributed by atoms with van der Waals surface area (Å²) in [5.74, 6) is 1.39. The number of amides is 1. The molecule has 0 bridgehead atoms. The Morgan fingerprint density at radius 1 is 1.28 bits per heavy atom. The van der Waals surface area contributed by atoms with E-state index < -0.39 is 0 Å². The largest absolute Gasteiger partial charge is 0.474 e. The summed E-state index contributed by atoms with van der Waals surface area (Å²) < 4.78 is 7.62. The molecule has 1 saturated carbocycles. The molecule has 2 heterocycles. The Hall–Kier alpha value is -2.11. The fraction of sp³-hybridized carbons (Fsp3) is 0.632. The van der Waals surface area contributed by atoms with Crippen LogP contribution in [0.4, 0.5) is 5.82 Å². The monoisotopic (exact) mass is 344 g/mol. The number of ether oxygens (including phenoxy) is 1. The summed E-state index contributed by atoms with van der Waals surface area (Å²) in [6.07, 6.45) is 7.53. The molecule has 2 aromatic rings. The lowest BCUT2D eigenvalue weighted by Crippen LogP contribution is -2.25. The van der Waals surface area contributed by atoms with Crippen LogP contribution in [0.25, 0.3) is 11.0 Å². The molecule has 3 rings (SSSR count). The maximum atomic E-state index is 12.5. The van der Waals surface area contributed by atoms with Crippen LogP contribution in [0.1, 0.15) is 58.8 Å². The Bertz CT molecular complexity index is 730. The van der Waals surface area contributed by atoms with Crippen LogP contribution in [0.5, 0.6) is 5.88 Å². The molecule has 1 fully saturated rings. The molecular weight excluding hydrogens is 316 g/mol. The summed E-state index contributed by atoms with van der Waals surface area (Å²) >= 11 is 0. The minimum atomic E-state index is 0.0806. The van der Waals surface area contributed by atoms with Crippen LogP contribution in [0.2, 0.25) is 0 Å². The minimum Gasteiger partial charge on any atom is -0.474 e. The zero-order valence-electron chi connectivity index (χ0n) is 15.4. The van der Waals surface area contributed by atoms with E-state index in [1.54, 1.807) is 4.68 Å². The summed E-state index contributed by atoms with van der Waals surface area (Å²) in [5.41, 5.74) is 0.724. The maximum Gasteiger partial charge on any atom is 0.228 e. The number of hydrogen-bond acceptors (Lipinski definition) is 4. The van der Waals surface area contributed by atoms with E-state index in [9.17, 15) is 4.79 Å². The van der Waals surface area contributed by atoms with Gasteiger partial charge in [0, 0.05) is 19.0 Å². The van der Waals surface area contributed by atoms with Crippen LogP contribution >= 0.6 is 0 Å². The van der Waals surface area contributed by atoms with Gasteiger partial charge in [-0.3, -0.25) is 4.79 Å². The summed E-state index contributed by atoms with van der Waals surface area (Å²) in [7, 11) is 1.84. The number of carbonyl (C=O) groups excluding carboxylic acids is 1. The predicted molar refractivity (Wildman–Crippen MR) is 98.7 cm³/mol. The van der Waals surface area contributed by atoms with E-state index in [0.717, 1.165) is 49.6 Å². The molecule has 0 spiro atoms. The number of aromatic nitrogens is 3.